The van der Waals surface area contributed by atoms with E-state index in [4.69, 9.17) is 9.47 Å². The minimum absolute atomic E-state index is 0.154. The quantitative estimate of drug-likeness (QED) is 0.335. The van der Waals surface area contributed by atoms with E-state index >= 15 is 0 Å². The summed E-state index contributed by atoms with van der Waals surface area (Å²) in [6, 6.07) is 11.8. The molecule has 1 aromatic heterocycles. The minimum atomic E-state index is -0.821. The number of fused-ring (bicyclic) bond motifs is 1. The molecule has 2 heterocycles. The number of benzene rings is 1. The molecule has 0 fully saturated rings. The van der Waals surface area contributed by atoms with E-state index in [1.54, 1.807) is 7.11 Å². The van der Waals surface area contributed by atoms with E-state index in [0.29, 0.717) is 13.2 Å². The fourth-order valence-corrected chi connectivity index (χ4v) is 4.46. The van der Waals surface area contributed by atoms with Crippen molar-refractivity contribution in [2.45, 2.75) is 39.7 Å². The van der Waals surface area contributed by atoms with E-state index < -0.39 is 12.6 Å². The molecule has 3 rings (SSSR count). The first-order chi connectivity index (χ1) is 16.1. The number of para-hydroxylation sites is 1. The lowest BCUT2D eigenvalue weighted by molar-refractivity contribution is -0.142. The summed E-state index contributed by atoms with van der Waals surface area (Å²) in [4.78, 5) is 27.2. The monoisotopic (exact) mass is 461 g/mol. The Morgan fingerprint density at radius 3 is 2.56 bits per heavy atom. The van der Waals surface area contributed by atoms with E-state index in [-0.39, 0.29) is 16.8 Å². The SMILES string of the molecule is COCCn1c(C)cc(/C=C(/C#N)C(=O)OCC(=O)/C=C2/N(C)c3ccccc3C2(C)C)c1C. The van der Waals surface area contributed by atoms with Crippen LogP contribution in [0.5, 0.6) is 0 Å². The Labute approximate surface area is 200 Å². The van der Waals surface area contributed by atoms with Crippen LogP contribution in [0.2, 0.25) is 0 Å². The molecule has 7 nitrogen and oxygen atoms in total. The summed E-state index contributed by atoms with van der Waals surface area (Å²) in [5.41, 5.74) is 5.16. The first-order valence-electron chi connectivity index (χ1n) is 11.1. The molecule has 0 saturated heterocycles. The number of hydrogen-bond donors (Lipinski definition) is 0. The van der Waals surface area contributed by atoms with Crippen LogP contribution >= 0.6 is 0 Å². The second kappa shape index (κ2) is 10.1. The number of esters is 1. The van der Waals surface area contributed by atoms with Crippen LogP contribution in [0.1, 0.15) is 36.4 Å². The van der Waals surface area contributed by atoms with Gasteiger partial charge in [0.15, 0.2) is 12.4 Å². The lowest BCUT2D eigenvalue weighted by Crippen LogP contribution is -2.25. The van der Waals surface area contributed by atoms with Gasteiger partial charge in [-0.1, -0.05) is 32.0 Å². The van der Waals surface area contributed by atoms with E-state index in [1.807, 2.05) is 62.2 Å². The van der Waals surface area contributed by atoms with Gasteiger partial charge in [0, 0.05) is 55.0 Å². The van der Waals surface area contributed by atoms with E-state index in [1.165, 1.54) is 12.2 Å². The van der Waals surface area contributed by atoms with E-state index in [9.17, 15) is 14.9 Å². The molecule has 0 amide bonds. The third-order valence-corrected chi connectivity index (χ3v) is 6.36. The van der Waals surface area contributed by atoms with Crippen LogP contribution in [-0.4, -0.2) is 43.7 Å². The fourth-order valence-electron chi connectivity index (χ4n) is 4.46. The molecular formula is C27H31N3O4. The van der Waals surface area contributed by atoms with Crippen molar-refractivity contribution in [2.24, 2.45) is 0 Å². The first kappa shape index (κ1) is 25.0. The van der Waals surface area contributed by atoms with Crippen LogP contribution in [0.4, 0.5) is 5.69 Å². The number of ether oxygens (including phenoxy) is 2. The summed E-state index contributed by atoms with van der Waals surface area (Å²) in [7, 11) is 3.55. The smallest absolute Gasteiger partial charge is 0.349 e. The number of nitrogens with zero attached hydrogens (tertiary/aromatic N) is 3. The maximum atomic E-state index is 12.7. The molecule has 0 radical (unpaired) electrons. The lowest BCUT2D eigenvalue weighted by atomic mass is 9.83. The number of allylic oxidation sites excluding steroid dienone is 1. The van der Waals surface area contributed by atoms with Gasteiger partial charge in [-0.2, -0.15) is 5.26 Å². The molecule has 0 spiro atoms. The number of nitriles is 1. The van der Waals surface area contributed by atoms with Gasteiger partial charge >= 0.3 is 5.97 Å². The summed E-state index contributed by atoms with van der Waals surface area (Å²) in [6.07, 6.45) is 3.02. The average Bonchev–Trinajstić information content (AvgIpc) is 3.18. The Morgan fingerprint density at radius 1 is 1.21 bits per heavy atom. The van der Waals surface area contributed by atoms with Crippen molar-refractivity contribution in [2.75, 3.05) is 32.3 Å². The van der Waals surface area contributed by atoms with Gasteiger partial charge in [-0.25, -0.2) is 4.79 Å². The molecule has 1 aliphatic rings. The molecule has 2 aromatic rings. The van der Waals surface area contributed by atoms with Crippen LogP contribution in [0.3, 0.4) is 0 Å². The highest BCUT2D eigenvalue weighted by Crippen LogP contribution is 2.46. The van der Waals surface area contributed by atoms with Gasteiger partial charge in [0.25, 0.3) is 0 Å². The van der Waals surface area contributed by atoms with Crippen molar-refractivity contribution < 1.29 is 19.1 Å². The van der Waals surface area contributed by atoms with Gasteiger partial charge in [-0.15, -0.1) is 0 Å². The molecule has 0 saturated carbocycles. The minimum Gasteiger partial charge on any atom is -0.453 e. The number of rotatable bonds is 8. The Bertz CT molecular complexity index is 1210. The number of ketones is 1. The predicted molar refractivity (Wildman–Crippen MR) is 131 cm³/mol. The predicted octanol–water partition coefficient (Wildman–Crippen LogP) is 4.08. The Balaban J connectivity index is 1.72. The molecule has 0 N–H and O–H groups in total. The van der Waals surface area contributed by atoms with Crippen molar-refractivity contribution >= 4 is 23.5 Å². The second-order valence-electron chi connectivity index (χ2n) is 8.91. The standard InChI is InChI=1S/C27H31N3O4/c1-18-13-20(19(2)30(18)11-12-33-6)14-21(16-28)26(32)34-17-22(31)15-25-27(3,4)23-9-7-8-10-24(23)29(25)5/h7-10,13-15H,11-12,17H2,1-6H3/b21-14-,25-15+. The first-order valence-corrected chi connectivity index (χ1v) is 11.1. The second-order valence-corrected chi connectivity index (χ2v) is 8.91. The largest absolute Gasteiger partial charge is 0.453 e. The van der Waals surface area contributed by atoms with Gasteiger partial charge in [0.05, 0.1) is 6.61 Å². The molecular weight excluding hydrogens is 430 g/mol. The maximum absolute atomic E-state index is 12.7. The van der Waals surface area contributed by atoms with Gasteiger partial charge in [-0.3, -0.25) is 4.79 Å². The zero-order valence-electron chi connectivity index (χ0n) is 20.6. The summed E-state index contributed by atoms with van der Waals surface area (Å²) >= 11 is 0. The summed E-state index contributed by atoms with van der Waals surface area (Å²) in [5.74, 6) is -1.16. The van der Waals surface area contributed by atoms with Crippen molar-refractivity contribution in [3.05, 3.63) is 70.2 Å². The van der Waals surface area contributed by atoms with Crippen LogP contribution in [0.15, 0.2) is 47.7 Å². The molecule has 34 heavy (non-hydrogen) atoms. The number of likely N-dealkylation sites (N-methyl/N-ethyl adjacent to an activating group) is 1. The summed E-state index contributed by atoms with van der Waals surface area (Å²) in [6.45, 7) is 8.78. The molecule has 7 heteroatoms. The highest BCUT2D eigenvalue weighted by atomic mass is 16.5. The molecule has 178 valence electrons. The highest BCUT2D eigenvalue weighted by Gasteiger charge is 2.38. The molecule has 0 aliphatic carbocycles. The number of methoxy groups -OCH3 is 1. The third-order valence-electron chi connectivity index (χ3n) is 6.36. The van der Waals surface area contributed by atoms with Crippen molar-refractivity contribution in [3.8, 4) is 6.07 Å². The topological polar surface area (TPSA) is 84.6 Å². The zero-order chi connectivity index (χ0) is 25.0. The maximum Gasteiger partial charge on any atom is 0.349 e. The number of hydrogen-bond acceptors (Lipinski definition) is 6. The summed E-state index contributed by atoms with van der Waals surface area (Å²) < 4.78 is 12.4. The van der Waals surface area contributed by atoms with Gasteiger partial charge in [0.2, 0.25) is 0 Å². The van der Waals surface area contributed by atoms with Crippen LogP contribution < -0.4 is 4.90 Å². The molecule has 1 aliphatic heterocycles. The van der Waals surface area contributed by atoms with E-state index in [0.717, 1.165) is 33.9 Å². The van der Waals surface area contributed by atoms with Crippen molar-refractivity contribution in [1.82, 2.24) is 4.57 Å². The molecule has 0 unspecified atom stereocenters. The molecule has 0 bridgehead atoms. The third kappa shape index (κ3) is 4.82. The van der Waals surface area contributed by atoms with Crippen LogP contribution in [0, 0.1) is 25.2 Å². The van der Waals surface area contributed by atoms with Gasteiger partial charge < -0.3 is 18.9 Å². The van der Waals surface area contributed by atoms with Gasteiger partial charge in [0.1, 0.15) is 11.6 Å². The fraction of sp³-hybridized carbons (Fsp3) is 0.370. The van der Waals surface area contributed by atoms with E-state index in [2.05, 4.69) is 18.4 Å². The number of carbonyl (C=O) groups is 2. The summed E-state index contributed by atoms with van der Waals surface area (Å²) in [5, 5.41) is 9.52. The van der Waals surface area contributed by atoms with Gasteiger partial charge in [-0.05, 0) is 43.2 Å². The Hall–Kier alpha value is -3.63. The van der Waals surface area contributed by atoms with Crippen molar-refractivity contribution in [1.29, 1.82) is 5.26 Å². The van der Waals surface area contributed by atoms with Crippen LogP contribution in [-0.2, 0) is 31.0 Å². The Morgan fingerprint density at radius 2 is 1.91 bits per heavy atom. The number of anilines is 1. The number of aromatic nitrogens is 1. The zero-order valence-corrected chi connectivity index (χ0v) is 20.6. The average molecular weight is 462 g/mol. The van der Waals surface area contributed by atoms with Crippen molar-refractivity contribution in [3.63, 3.8) is 0 Å². The molecule has 1 aromatic carbocycles. The highest BCUT2D eigenvalue weighted by molar-refractivity contribution is 6.00. The molecule has 0 atom stereocenters. The van der Waals surface area contributed by atoms with Crippen LogP contribution in [0.25, 0.3) is 6.08 Å². The number of carbonyl (C=O) groups excluding carboxylic acids is 2. The lowest BCUT2D eigenvalue weighted by Gasteiger charge is -2.23. The normalized spacial score (nSPS) is 15.9. The number of aryl methyl sites for hydroxylation is 1. The Kier molecular flexibility index (Phi) is 7.43.